The minimum Gasteiger partial charge on any atom is -0.386 e. The fourth-order valence-corrected chi connectivity index (χ4v) is 2.75. The Morgan fingerprint density at radius 2 is 2.36 bits per heavy atom. The van der Waals surface area contributed by atoms with Crippen molar-refractivity contribution in [2.24, 2.45) is 0 Å². The molecular weight excluding hydrogens is 196 g/mol. The van der Waals surface area contributed by atoms with E-state index >= 15 is 0 Å². The van der Waals surface area contributed by atoms with Crippen LogP contribution < -0.4 is 5.32 Å². The van der Waals surface area contributed by atoms with E-state index in [2.05, 4.69) is 10.3 Å². The summed E-state index contributed by atoms with van der Waals surface area (Å²) in [4.78, 5) is 5.54. The summed E-state index contributed by atoms with van der Waals surface area (Å²) in [5, 5.41) is 14.0. The van der Waals surface area contributed by atoms with E-state index in [-0.39, 0.29) is 0 Å². The molecule has 1 aliphatic carbocycles. The molecule has 0 radical (unpaired) electrons. The van der Waals surface area contributed by atoms with Crippen LogP contribution in [-0.4, -0.2) is 23.7 Å². The third-order valence-electron chi connectivity index (χ3n) is 2.48. The minimum absolute atomic E-state index is 0.398. The lowest BCUT2D eigenvalue weighted by atomic mass is 10.2. The lowest BCUT2D eigenvalue weighted by Crippen LogP contribution is -2.16. The molecule has 3 nitrogen and oxygen atoms in total. The van der Waals surface area contributed by atoms with Crippen LogP contribution in [0.1, 0.15) is 40.4 Å². The van der Waals surface area contributed by atoms with Crippen molar-refractivity contribution in [1.29, 1.82) is 0 Å². The minimum atomic E-state index is -0.398. The van der Waals surface area contributed by atoms with Gasteiger partial charge in [0.05, 0.1) is 15.6 Å². The largest absolute Gasteiger partial charge is 0.386 e. The van der Waals surface area contributed by atoms with Crippen molar-refractivity contribution in [2.75, 3.05) is 13.6 Å². The van der Waals surface area contributed by atoms with E-state index in [1.165, 1.54) is 17.8 Å². The summed E-state index contributed by atoms with van der Waals surface area (Å²) >= 11 is 1.68. The highest BCUT2D eigenvalue weighted by Gasteiger charge is 2.28. The normalized spacial score (nSPS) is 18.5. The van der Waals surface area contributed by atoms with Gasteiger partial charge < -0.3 is 10.4 Å². The van der Waals surface area contributed by atoms with Crippen LogP contribution in [-0.2, 0) is 0 Å². The number of hydrogen-bond donors (Lipinski definition) is 2. The van der Waals surface area contributed by atoms with Crippen LogP contribution >= 0.6 is 11.3 Å². The van der Waals surface area contributed by atoms with Gasteiger partial charge >= 0.3 is 0 Å². The first kappa shape index (κ1) is 10.1. The van der Waals surface area contributed by atoms with Crippen LogP contribution in [0.25, 0.3) is 0 Å². The van der Waals surface area contributed by atoms with Crippen molar-refractivity contribution in [1.82, 2.24) is 10.3 Å². The molecule has 2 N–H and O–H groups in total. The zero-order valence-electron chi connectivity index (χ0n) is 8.58. The molecule has 0 bridgehead atoms. The summed E-state index contributed by atoms with van der Waals surface area (Å²) in [5.74, 6) is 0.689. The average molecular weight is 212 g/mol. The number of aliphatic hydroxyl groups excluding tert-OH is 1. The Labute approximate surface area is 88.2 Å². The maximum atomic E-state index is 9.82. The van der Waals surface area contributed by atoms with E-state index in [9.17, 15) is 5.11 Å². The topological polar surface area (TPSA) is 45.1 Å². The SMILES string of the molecule is CNCC(O)c1sc(C2CC2)nc1C. The van der Waals surface area contributed by atoms with Gasteiger partial charge in [-0.1, -0.05) is 0 Å². The molecule has 78 valence electrons. The third-order valence-corrected chi connectivity index (χ3v) is 3.90. The highest BCUT2D eigenvalue weighted by Crippen LogP contribution is 2.43. The van der Waals surface area contributed by atoms with Crippen molar-refractivity contribution in [3.05, 3.63) is 15.6 Å². The van der Waals surface area contributed by atoms with E-state index in [1.54, 1.807) is 11.3 Å². The molecule has 1 heterocycles. The number of aliphatic hydroxyl groups is 1. The molecule has 14 heavy (non-hydrogen) atoms. The van der Waals surface area contributed by atoms with Crippen LogP contribution in [0, 0.1) is 6.92 Å². The van der Waals surface area contributed by atoms with E-state index in [0.29, 0.717) is 12.5 Å². The number of likely N-dealkylation sites (N-methyl/N-ethyl adjacent to an activating group) is 1. The molecule has 1 aliphatic rings. The fraction of sp³-hybridized carbons (Fsp3) is 0.700. The first-order valence-corrected chi connectivity index (χ1v) is 5.84. The molecule has 1 fully saturated rings. The van der Waals surface area contributed by atoms with Crippen molar-refractivity contribution in [3.8, 4) is 0 Å². The Morgan fingerprint density at radius 3 is 2.93 bits per heavy atom. The second kappa shape index (κ2) is 3.96. The maximum absolute atomic E-state index is 9.82. The van der Waals surface area contributed by atoms with E-state index in [4.69, 9.17) is 0 Å². The number of aryl methyl sites for hydroxylation is 1. The molecule has 1 aromatic rings. The highest BCUT2D eigenvalue weighted by atomic mass is 32.1. The maximum Gasteiger partial charge on any atom is 0.102 e. The number of rotatable bonds is 4. The summed E-state index contributed by atoms with van der Waals surface area (Å²) in [6.45, 7) is 2.59. The Bertz CT molecular complexity index is 320. The molecule has 0 amide bonds. The lowest BCUT2D eigenvalue weighted by Gasteiger charge is -2.07. The second-order valence-electron chi connectivity index (χ2n) is 3.85. The first-order chi connectivity index (χ1) is 6.72. The summed E-state index contributed by atoms with van der Waals surface area (Å²) in [7, 11) is 1.85. The second-order valence-corrected chi connectivity index (χ2v) is 4.91. The Morgan fingerprint density at radius 1 is 1.64 bits per heavy atom. The third kappa shape index (κ3) is 1.97. The van der Waals surface area contributed by atoms with Gasteiger partial charge in [-0.15, -0.1) is 11.3 Å². The number of hydrogen-bond acceptors (Lipinski definition) is 4. The molecule has 1 aromatic heterocycles. The van der Waals surface area contributed by atoms with E-state index < -0.39 is 6.10 Å². The summed E-state index contributed by atoms with van der Waals surface area (Å²) in [6.07, 6.45) is 2.15. The summed E-state index contributed by atoms with van der Waals surface area (Å²) in [6, 6.07) is 0. The van der Waals surface area contributed by atoms with Gasteiger partial charge in [-0.05, 0) is 26.8 Å². The summed E-state index contributed by atoms with van der Waals surface area (Å²) in [5.41, 5.74) is 1.000. The quantitative estimate of drug-likeness (QED) is 0.796. The predicted molar refractivity (Wildman–Crippen MR) is 57.7 cm³/mol. The van der Waals surface area contributed by atoms with Crippen LogP contribution in [0.15, 0.2) is 0 Å². The molecule has 0 saturated heterocycles. The Kier molecular flexibility index (Phi) is 2.85. The number of nitrogens with one attached hydrogen (secondary N) is 1. The summed E-state index contributed by atoms with van der Waals surface area (Å²) < 4.78 is 0. The van der Waals surface area contributed by atoms with Gasteiger partial charge in [-0.3, -0.25) is 0 Å². The van der Waals surface area contributed by atoms with Gasteiger partial charge in [0, 0.05) is 12.5 Å². The zero-order chi connectivity index (χ0) is 10.1. The predicted octanol–water partition coefficient (Wildman–Crippen LogP) is 1.58. The molecule has 1 unspecified atom stereocenters. The van der Waals surface area contributed by atoms with Crippen molar-refractivity contribution < 1.29 is 5.11 Å². The molecule has 1 atom stereocenters. The van der Waals surface area contributed by atoms with Gasteiger partial charge in [0.15, 0.2) is 0 Å². The Hall–Kier alpha value is -0.450. The number of nitrogens with zero attached hydrogens (tertiary/aromatic N) is 1. The monoisotopic (exact) mass is 212 g/mol. The highest BCUT2D eigenvalue weighted by molar-refractivity contribution is 7.12. The van der Waals surface area contributed by atoms with Crippen molar-refractivity contribution >= 4 is 11.3 Å². The van der Waals surface area contributed by atoms with Crippen LogP contribution in [0.5, 0.6) is 0 Å². The van der Waals surface area contributed by atoms with Crippen molar-refractivity contribution in [3.63, 3.8) is 0 Å². The number of aromatic nitrogens is 1. The zero-order valence-corrected chi connectivity index (χ0v) is 9.40. The van der Waals surface area contributed by atoms with Gasteiger partial charge in [0.1, 0.15) is 6.10 Å². The lowest BCUT2D eigenvalue weighted by molar-refractivity contribution is 0.180. The Balaban J connectivity index is 2.15. The molecule has 0 spiro atoms. The molecule has 0 aliphatic heterocycles. The fourth-order valence-electron chi connectivity index (χ4n) is 1.53. The molecule has 0 aromatic carbocycles. The molecular formula is C10H16N2OS. The number of thiazole rings is 1. The first-order valence-electron chi connectivity index (χ1n) is 5.02. The van der Waals surface area contributed by atoms with Gasteiger partial charge in [-0.2, -0.15) is 0 Å². The molecule has 4 heteroatoms. The molecule has 1 saturated carbocycles. The van der Waals surface area contributed by atoms with Crippen molar-refractivity contribution in [2.45, 2.75) is 31.8 Å². The van der Waals surface area contributed by atoms with E-state index in [0.717, 1.165) is 10.6 Å². The molecule has 2 rings (SSSR count). The van der Waals surface area contributed by atoms with E-state index in [1.807, 2.05) is 14.0 Å². The van der Waals surface area contributed by atoms with Crippen LogP contribution in [0.3, 0.4) is 0 Å². The average Bonchev–Trinajstić information content (AvgIpc) is 2.91. The van der Waals surface area contributed by atoms with Gasteiger partial charge in [0.2, 0.25) is 0 Å². The van der Waals surface area contributed by atoms with Gasteiger partial charge in [0.25, 0.3) is 0 Å². The van der Waals surface area contributed by atoms with Crippen LogP contribution in [0.2, 0.25) is 0 Å². The standard InChI is InChI=1S/C10H16N2OS/c1-6-9(8(13)5-11-2)14-10(12-6)7-3-4-7/h7-8,11,13H,3-5H2,1-2H3. The van der Waals surface area contributed by atoms with Crippen LogP contribution in [0.4, 0.5) is 0 Å². The van der Waals surface area contributed by atoms with Gasteiger partial charge in [-0.25, -0.2) is 4.98 Å². The smallest absolute Gasteiger partial charge is 0.102 e.